The van der Waals surface area contributed by atoms with Crippen LogP contribution in [0.25, 0.3) is 0 Å². The topological polar surface area (TPSA) is 63.7 Å². The number of nitrogens with one attached hydrogen (secondary N) is 1. The van der Waals surface area contributed by atoms with Gasteiger partial charge in [0.05, 0.1) is 25.2 Å². The molecule has 34 heavy (non-hydrogen) atoms. The number of hydrogen-bond donors (Lipinski definition) is 1. The first kappa shape index (κ1) is 24.6. The van der Waals surface area contributed by atoms with Gasteiger partial charge in [-0.25, -0.2) is 0 Å². The van der Waals surface area contributed by atoms with Gasteiger partial charge in [-0.3, -0.25) is 9.78 Å². The predicted molar refractivity (Wildman–Crippen MR) is 136 cm³/mol. The van der Waals surface area contributed by atoms with Gasteiger partial charge in [0.2, 0.25) is 0 Å². The van der Waals surface area contributed by atoms with E-state index in [1.54, 1.807) is 0 Å². The van der Waals surface area contributed by atoms with Gasteiger partial charge in [0.25, 0.3) is 0 Å². The van der Waals surface area contributed by atoms with Gasteiger partial charge in [-0.1, -0.05) is 26.3 Å². The molecule has 3 heterocycles. The summed E-state index contributed by atoms with van der Waals surface area (Å²) in [4.78, 5) is 19.8. The van der Waals surface area contributed by atoms with Gasteiger partial charge in [-0.05, 0) is 63.9 Å². The molecule has 4 rings (SSSR count). The van der Waals surface area contributed by atoms with Gasteiger partial charge in [0.15, 0.2) is 0 Å². The van der Waals surface area contributed by atoms with Gasteiger partial charge in [0, 0.05) is 48.0 Å². The van der Waals surface area contributed by atoms with Crippen LogP contribution in [0.4, 0.5) is 5.69 Å². The van der Waals surface area contributed by atoms with Crippen molar-refractivity contribution in [1.82, 2.24) is 10.3 Å². The molecule has 0 bridgehead atoms. The van der Waals surface area contributed by atoms with E-state index in [1.165, 1.54) is 19.3 Å². The predicted octanol–water partition coefficient (Wildman–Crippen LogP) is 5.37. The number of nitrogens with zero attached hydrogens (tertiary/aromatic N) is 2. The fraction of sp³-hybridized carbons (Fsp3) is 0.643. The average Bonchev–Trinajstić information content (AvgIpc) is 2.74. The smallest absolute Gasteiger partial charge is 0.310 e. The summed E-state index contributed by atoms with van der Waals surface area (Å²) >= 11 is 0. The van der Waals surface area contributed by atoms with E-state index in [-0.39, 0.29) is 24.5 Å². The molecule has 0 radical (unpaired) electrons. The van der Waals surface area contributed by atoms with E-state index in [1.807, 2.05) is 33.2 Å². The zero-order valence-electron chi connectivity index (χ0n) is 21.5. The summed E-state index contributed by atoms with van der Waals surface area (Å²) < 4.78 is 11.5. The van der Waals surface area contributed by atoms with Crippen LogP contribution >= 0.6 is 0 Å². The van der Waals surface area contributed by atoms with Crippen molar-refractivity contribution in [3.63, 3.8) is 0 Å². The van der Waals surface area contributed by atoms with Crippen molar-refractivity contribution in [1.29, 1.82) is 0 Å². The maximum Gasteiger partial charge on any atom is 0.310 e. The number of anilines is 1. The number of aryl methyl sites for hydroxylation is 1. The molecule has 1 aliphatic carbocycles. The SMILES string of the molecule is Cc1ncc(C2C=CC(OCC3CCC3)=CN2)c(N2CCC(C)(C)CC2)c1CC(=O)OC(C)C. The van der Waals surface area contributed by atoms with Crippen LogP contribution in [0.2, 0.25) is 0 Å². The van der Waals surface area contributed by atoms with Gasteiger partial charge < -0.3 is 19.7 Å². The molecular formula is C28H41N3O3. The third-order valence-electron chi connectivity index (χ3n) is 7.42. The molecule has 1 saturated heterocycles. The summed E-state index contributed by atoms with van der Waals surface area (Å²) in [5.74, 6) is 1.39. The van der Waals surface area contributed by atoms with E-state index in [4.69, 9.17) is 14.5 Å². The minimum atomic E-state index is -0.200. The fourth-order valence-electron chi connectivity index (χ4n) is 4.87. The molecule has 3 aliphatic rings. The normalized spacial score (nSPS) is 22.1. The molecular weight excluding hydrogens is 426 g/mol. The largest absolute Gasteiger partial charge is 0.492 e. The molecule has 1 atom stereocenters. The average molecular weight is 468 g/mol. The second-order valence-electron chi connectivity index (χ2n) is 11.2. The standard InChI is InChI=1S/C28H41N3O3/c1-19(2)34-26(32)15-23-20(3)29-17-24(27(23)31-13-11-28(4,5)12-14-31)25-10-9-22(16-30-25)33-18-21-7-6-8-21/h9-10,16-17,19,21,25,30H,6-8,11-15,18H2,1-5H3. The van der Waals surface area contributed by atoms with Crippen LogP contribution in [-0.2, 0) is 20.7 Å². The van der Waals surface area contributed by atoms with Crippen molar-refractivity contribution in [3.8, 4) is 0 Å². The maximum atomic E-state index is 12.7. The van der Waals surface area contributed by atoms with E-state index in [0.717, 1.165) is 60.8 Å². The number of carbonyl (C=O) groups excluding carboxylic acids is 1. The molecule has 6 nitrogen and oxygen atoms in total. The number of carbonyl (C=O) groups is 1. The van der Waals surface area contributed by atoms with E-state index >= 15 is 0 Å². The molecule has 0 amide bonds. The van der Waals surface area contributed by atoms with Gasteiger partial charge >= 0.3 is 5.97 Å². The summed E-state index contributed by atoms with van der Waals surface area (Å²) in [5.41, 5.74) is 4.45. The Hall–Kier alpha value is -2.50. The number of rotatable bonds is 8. The summed E-state index contributed by atoms with van der Waals surface area (Å²) in [7, 11) is 0. The first-order chi connectivity index (χ1) is 16.2. The number of aromatic nitrogens is 1. The molecule has 0 aromatic carbocycles. The van der Waals surface area contributed by atoms with E-state index in [2.05, 4.69) is 36.2 Å². The molecule has 1 N–H and O–H groups in total. The number of pyridine rings is 1. The highest BCUT2D eigenvalue weighted by molar-refractivity contribution is 5.77. The lowest BCUT2D eigenvalue weighted by atomic mass is 9.82. The molecule has 2 fully saturated rings. The first-order valence-electron chi connectivity index (χ1n) is 12.9. The molecule has 1 aromatic heterocycles. The lowest BCUT2D eigenvalue weighted by Crippen LogP contribution is -2.39. The Balaban J connectivity index is 1.58. The minimum absolute atomic E-state index is 0.0195. The molecule has 1 unspecified atom stereocenters. The lowest BCUT2D eigenvalue weighted by Gasteiger charge is -2.40. The van der Waals surface area contributed by atoms with Crippen LogP contribution in [0.5, 0.6) is 0 Å². The number of ether oxygens (including phenoxy) is 2. The van der Waals surface area contributed by atoms with Crippen LogP contribution in [0.3, 0.4) is 0 Å². The number of piperidine rings is 1. The maximum absolute atomic E-state index is 12.7. The summed E-state index contributed by atoms with van der Waals surface area (Å²) in [6.07, 6.45) is 14.4. The Morgan fingerprint density at radius 3 is 2.59 bits per heavy atom. The third-order valence-corrected chi connectivity index (χ3v) is 7.42. The quantitative estimate of drug-likeness (QED) is 0.519. The first-order valence-corrected chi connectivity index (χ1v) is 12.9. The summed E-state index contributed by atoms with van der Waals surface area (Å²) in [6, 6.07) is -0.0195. The second kappa shape index (κ2) is 10.4. The third kappa shape index (κ3) is 5.94. The Morgan fingerprint density at radius 1 is 1.26 bits per heavy atom. The van der Waals surface area contributed by atoms with Crippen molar-refractivity contribution in [2.75, 3.05) is 24.6 Å². The van der Waals surface area contributed by atoms with Crippen LogP contribution < -0.4 is 10.2 Å². The monoisotopic (exact) mass is 467 g/mol. The highest BCUT2D eigenvalue weighted by Gasteiger charge is 2.31. The molecule has 0 spiro atoms. The minimum Gasteiger partial charge on any atom is -0.492 e. The van der Waals surface area contributed by atoms with Crippen LogP contribution in [-0.4, -0.2) is 36.8 Å². The van der Waals surface area contributed by atoms with Gasteiger partial charge in [-0.2, -0.15) is 0 Å². The Morgan fingerprint density at radius 2 is 2.00 bits per heavy atom. The number of esters is 1. The lowest BCUT2D eigenvalue weighted by molar-refractivity contribution is -0.146. The molecule has 1 aromatic rings. The Bertz CT molecular complexity index is 936. The van der Waals surface area contributed by atoms with Crippen LogP contribution in [0.15, 0.2) is 30.3 Å². The molecule has 1 saturated carbocycles. The molecule has 2 aliphatic heterocycles. The number of hydrogen-bond acceptors (Lipinski definition) is 6. The zero-order valence-corrected chi connectivity index (χ0v) is 21.5. The highest BCUT2D eigenvalue weighted by atomic mass is 16.5. The number of allylic oxidation sites excluding steroid dienone is 1. The Labute approximate surface area is 204 Å². The van der Waals surface area contributed by atoms with Crippen LogP contribution in [0.1, 0.15) is 82.7 Å². The van der Waals surface area contributed by atoms with Crippen molar-refractivity contribution >= 4 is 11.7 Å². The van der Waals surface area contributed by atoms with Crippen molar-refractivity contribution in [2.24, 2.45) is 11.3 Å². The summed E-state index contributed by atoms with van der Waals surface area (Å²) in [6.45, 7) is 13.2. The molecule has 186 valence electrons. The summed E-state index contributed by atoms with van der Waals surface area (Å²) in [5, 5.41) is 3.52. The van der Waals surface area contributed by atoms with E-state index < -0.39 is 0 Å². The van der Waals surface area contributed by atoms with Gasteiger partial charge in [-0.15, -0.1) is 0 Å². The number of dihydropyridines is 1. The Kier molecular flexibility index (Phi) is 7.54. The van der Waals surface area contributed by atoms with Crippen molar-refractivity contribution in [3.05, 3.63) is 47.1 Å². The van der Waals surface area contributed by atoms with Crippen molar-refractivity contribution in [2.45, 2.75) is 85.3 Å². The zero-order chi connectivity index (χ0) is 24.3. The van der Waals surface area contributed by atoms with E-state index in [0.29, 0.717) is 11.3 Å². The van der Waals surface area contributed by atoms with Crippen LogP contribution in [0, 0.1) is 18.3 Å². The molecule has 6 heteroatoms. The van der Waals surface area contributed by atoms with Gasteiger partial charge in [0.1, 0.15) is 5.76 Å². The van der Waals surface area contributed by atoms with E-state index in [9.17, 15) is 4.79 Å². The second-order valence-corrected chi connectivity index (χ2v) is 11.2. The fourth-order valence-corrected chi connectivity index (χ4v) is 4.87. The van der Waals surface area contributed by atoms with Crippen molar-refractivity contribution < 1.29 is 14.3 Å². The highest BCUT2D eigenvalue weighted by Crippen LogP contribution is 2.39.